The molecule has 4 atom stereocenters. The number of methoxy groups -OCH3 is 1. The highest BCUT2D eigenvalue weighted by atomic mass is 79.9. The van der Waals surface area contributed by atoms with Gasteiger partial charge in [0.25, 0.3) is 5.91 Å². The second-order valence-corrected chi connectivity index (χ2v) is 19.4. The van der Waals surface area contributed by atoms with Crippen LogP contribution < -0.4 is 14.8 Å². The summed E-state index contributed by atoms with van der Waals surface area (Å²) >= 11 is 3.71. The molecule has 0 saturated carbocycles. The normalized spacial score (nSPS) is 22.7. The molecule has 2 aromatic carbocycles. The molecule has 1 spiro atoms. The van der Waals surface area contributed by atoms with Crippen molar-refractivity contribution in [2.75, 3.05) is 25.2 Å². The fraction of sp³-hybridized carbons (Fsp3) is 0.486. The number of aliphatic hydroxyl groups excluding tert-OH is 1. The highest BCUT2D eigenvalue weighted by Gasteiger charge is 2.66. The summed E-state index contributed by atoms with van der Waals surface area (Å²) in [7, 11) is -0.566. The molecule has 47 heavy (non-hydrogen) atoms. The number of allylic oxidation sites excluding steroid dienone is 3. The summed E-state index contributed by atoms with van der Waals surface area (Å²) in [5, 5.41) is 19.2. The van der Waals surface area contributed by atoms with Crippen LogP contribution >= 0.6 is 15.9 Å². The zero-order chi connectivity index (χ0) is 33.9. The number of fused-ring (bicyclic) bond motifs is 2. The Morgan fingerprint density at radius 1 is 1.15 bits per heavy atom. The number of benzene rings is 2. The van der Waals surface area contributed by atoms with Crippen LogP contribution in [0.25, 0.3) is 0 Å². The minimum absolute atomic E-state index is 0.0180. The van der Waals surface area contributed by atoms with Crippen LogP contribution in [0.4, 0.5) is 5.69 Å². The molecule has 1 saturated heterocycles. The number of rotatable bonds is 13. The van der Waals surface area contributed by atoms with E-state index < -0.39 is 13.7 Å². The molecule has 1 amide bonds. The Morgan fingerprint density at radius 3 is 2.57 bits per heavy atom. The van der Waals surface area contributed by atoms with Gasteiger partial charge >= 0.3 is 0 Å². The van der Waals surface area contributed by atoms with Crippen molar-refractivity contribution >= 4 is 40.8 Å². The van der Waals surface area contributed by atoms with E-state index >= 15 is 0 Å². The van der Waals surface area contributed by atoms with E-state index in [4.69, 9.17) is 9.47 Å². The number of nitrogens with zero attached hydrogens (tertiary/aromatic N) is 4. The average Bonchev–Trinajstić information content (AvgIpc) is 3.68. The largest absolute Gasteiger partial charge is 0.497 e. The lowest BCUT2D eigenvalue weighted by molar-refractivity contribution is -0.145. The lowest BCUT2D eigenvalue weighted by Crippen LogP contribution is -2.52. The number of aliphatic hydroxyl groups is 1. The molecule has 1 aromatic heterocycles. The average molecular weight is 722 g/mol. The van der Waals surface area contributed by atoms with E-state index in [9.17, 15) is 9.90 Å². The smallest absolute Gasteiger partial charge is 0.264 e. The Labute approximate surface area is 289 Å². The Kier molecular flexibility index (Phi) is 11.0. The number of amides is 1. The van der Waals surface area contributed by atoms with Crippen molar-refractivity contribution in [1.82, 2.24) is 15.0 Å². The third-order valence-corrected chi connectivity index (χ3v) is 15.0. The van der Waals surface area contributed by atoms with Crippen molar-refractivity contribution < 1.29 is 19.4 Å². The van der Waals surface area contributed by atoms with Gasteiger partial charge in [-0.3, -0.25) is 9.48 Å². The van der Waals surface area contributed by atoms with Crippen LogP contribution in [-0.4, -0.2) is 60.4 Å². The predicted molar refractivity (Wildman–Crippen MR) is 194 cm³/mol. The number of carbonyl (C=O) groups excluding carboxylic acids is 1. The monoisotopic (exact) mass is 720 g/mol. The Balaban J connectivity index is 1.53. The lowest BCUT2D eigenvalue weighted by atomic mass is 9.82. The molecule has 3 heterocycles. The van der Waals surface area contributed by atoms with Gasteiger partial charge in [0.15, 0.2) is 5.60 Å². The molecule has 0 unspecified atom stereocenters. The van der Waals surface area contributed by atoms with Gasteiger partial charge in [0, 0.05) is 48.3 Å². The van der Waals surface area contributed by atoms with Gasteiger partial charge < -0.3 is 19.5 Å². The first-order chi connectivity index (χ1) is 22.4. The first-order valence-electron chi connectivity index (χ1n) is 16.7. The number of aryl methyl sites for hydroxylation is 1. The van der Waals surface area contributed by atoms with Gasteiger partial charge in [-0.1, -0.05) is 81.8 Å². The topological polar surface area (TPSA) is 89.7 Å². The molecule has 5 rings (SSSR count). The second kappa shape index (κ2) is 14.6. The fourth-order valence-electron chi connectivity index (χ4n) is 7.61. The number of anilines is 1. The van der Waals surface area contributed by atoms with E-state index in [1.54, 1.807) is 7.11 Å². The van der Waals surface area contributed by atoms with Crippen molar-refractivity contribution in [3.05, 3.63) is 87.7 Å². The molecule has 252 valence electrons. The Hall–Kier alpha value is -3.05. The first kappa shape index (κ1) is 35.3. The van der Waals surface area contributed by atoms with Crippen LogP contribution in [0, 0.1) is 5.92 Å². The SMILES string of the molecule is COc1ccc([Si](C)(C)[C@H]2[C@H](CCn3cc(CCO)nn3)O[C@@]3(C(=O)N(C/C=C(\C)CCC=C(C)C)c4ccc(Br)cc43)[C@@H]2C)cc1. The van der Waals surface area contributed by atoms with Crippen molar-refractivity contribution in [2.45, 2.75) is 90.3 Å². The summed E-state index contributed by atoms with van der Waals surface area (Å²) in [5.74, 6) is 0.770. The molecule has 2 aliphatic heterocycles. The summed E-state index contributed by atoms with van der Waals surface area (Å²) in [6.07, 6.45) is 9.28. The second-order valence-electron chi connectivity index (χ2n) is 13.8. The van der Waals surface area contributed by atoms with E-state index in [2.05, 4.69) is 103 Å². The summed E-state index contributed by atoms with van der Waals surface area (Å²) in [6, 6.07) is 14.6. The number of ether oxygens (including phenoxy) is 2. The number of carbonyl (C=O) groups is 1. The van der Waals surface area contributed by atoms with Gasteiger partial charge in [-0.25, -0.2) is 0 Å². The van der Waals surface area contributed by atoms with Gasteiger partial charge in [-0.2, -0.15) is 0 Å². The quantitative estimate of drug-likeness (QED) is 0.152. The molecule has 8 nitrogen and oxygen atoms in total. The molecule has 2 aliphatic rings. The highest BCUT2D eigenvalue weighted by Crippen LogP contribution is 2.60. The molecule has 0 aliphatic carbocycles. The maximum Gasteiger partial charge on any atom is 0.264 e. The van der Waals surface area contributed by atoms with Crippen LogP contribution in [0.15, 0.2) is 76.4 Å². The molecular formula is C37H49BrN4O4Si. The lowest BCUT2D eigenvalue weighted by Gasteiger charge is -2.37. The third kappa shape index (κ3) is 7.07. The number of halogens is 1. The van der Waals surface area contributed by atoms with Gasteiger partial charge in [0.1, 0.15) is 5.75 Å². The van der Waals surface area contributed by atoms with Crippen molar-refractivity contribution in [3.8, 4) is 5.75 Å². The van der Waals surface area contributed by atoms with E-state index in [1.807, 2.05) is 34.0 Å². The molecular weight excluding hydrogens is 672 g/mol. The summed E-state index contributed by atoms with van der Waals surface area (Å²) in [5.41, 5.74) is 4.25. The maximum atomic E-state index is 14.9. The molecule has 3 aromatic rings. The highest BCUT2D eigenvalue weighted by molar-refractivity contribution is 9.10. The van der Waals surface area contributed by atoms with Crippen LogP contribution in [0.2, 0.25) is 18.6 Å². The molecule has 0 radical (unpaired) electrons. The van der Waals surface area contributed by atoms with Crippen LogP contribution in [0.5, 0.6) is 5.75 Å². The van der Waals surface area contributed by atoms with Crippen LogP contribution in [-0.2, 0) is 28.1 Å². The third-order valence-electron chi connectivity index (χ3n) is 10.1. The molecule has 0 bridgehead atoms. The number of aromatic nitrogens is 3. The Morgan fingerprint density at radius 2 is 1.89 bits per heavy atom. The number of hydrogen-bond donors (Lipinski definition) is 1. The first-order valence-corrected chi connectivity index (χ1v) is 20.5. The van der Waals surface area contributed by atoms with Gasteiger partial charge in [0.05, 0.1) is 32.7 Å². The minimum atomic E-state index is -2.25. The van der Waals surface area contributed by atoms with Crippen molar-refractivity contribution in [3.63, 3.8) is 0 Å². The maximum absolute atomic E-state index is 14.9. The predicted octanol–water partition coefficient (Wildman–Crippen LogP) is 6.93. The van der Waals surface area contributed by atoms with Gasteiger partial charge in [-0.15, -0.1) is 5.10 Å². The van der Waals surface area contributed by atoms with Crippen LogP contribution in [0.1, 0.15) is 58.2 Å². The summed E-state index contributed by atoms with van der Waals surface area (Å²) in [6.45, 7) is 14.6. The number of hydrogen-bond acceptors (Lipinski definition) is 6. The zero-order valence-corrected chi connectivity index (χ0v) is 31.4. The summed E-state index contributed by atoms with van der Waals surface area (Å²) in [4.78, 5) is 16.8. The van der Waals surface area contributed by atoms with E-state index in [-0.39, 0.29) is 30.1 Å². The molecule has 10 heteroatoms. The fourth-order valence-corrected chi connectivity index (χ4v) is 12.0. The summed E-state index contributed by atoms with van der Waals surface area (Å²) < 4.78 is 15.5. The van der Waals surface area contributed by atoms with E-state index in [0.29, 0.717) is 25.9 Å². The van der Waals surface area contributed by atoms with E-state index in [0.717, 1.165) is 40.0 Å². The van der Waals surface area contributed by atoms with Gasteiger partial charge in [0.2, 0.25) is 0 Å². The zero-order valence-electron chi connectivity index (χ0n) is 28.8. The standard InChI is InChI=1S/C37H49BrN4O4Si/c1-25(2)9-8-10-26(3)17-21-42-33-16-11-28(38)23-32(33)37(36(42)44)27(4)35(47(6,7)31-14-12-30(45-5)13-15-31)34(46-37)18-20-41-24-29(19-22-43)39-40-41/h9,11-17,23-24,27,34-35,43H,8,10,18-22H2,1-7H3/b26-17+/t27-,34+,35-,37+/m1/s1. The minimum Gasteiger partial charge on any atom is -0.497 e. The molecule has 1 N–H and O–H groups in total. The Bertz CT molecular complexity index is 1630. The van der Waals surface area contributed by atoms with E-state index in [1.165, 1.54) is 16.3 Å². The van der Waals surface area contributed by atoms with Crippen molar-refractivity contribution in [2.24, 2.45) is 5.92 Å². The van der Waals surface area contributed by atoms with Crippen LogP contribution in [0.3, 0.4) is 0 Å². The van der Waals surface area contributed by atoms with Crippen molar-refractivity contribution in [1.29, 1.82) is 0 Å². The van der Waals surface area contributed by atoms with Gasteiger partial charge in [-0.05, 0) is 75.9 Å². The molecule has 1 fully saturated rings.